The van der Waals surface area contributed by atoms with Crippen LogP contribution in [0, 0.1) is 6.92 Å². The van der Waals surface area contributed by atoms with Crippen molar-refractivity contribution in [1.29, 1.82) is 0 Å². The summed E-state index contributed by atoms with van der Waals surface area (Å²) in [6, 6.07) is 12.0. The minimum absolute atomic E-state index is 0. The molecule has 6 nitrogen and oxygen atoms in total. The van der Waals surface area contributed by atoms with Gasteiger partial charge in [-0.25, -0.2) is 4.99 Å². The lowest BCUT2D eigenvalue weighted by Gasteiger charge is -2.12. The molecule has 0 aliphatic heterocycles. The highest BCUT2D eigenvalue weighted by atomic mass is 127. The Morgan fingerprint density at radius 2 is 2.07 bits per heavy atom. The van der Waals surface area contributed by atoms with Crippen LogP contribution < -0.4 is 15.8 Å². The van der Waals surface area contributed by atoms with Gasteiger partial charge in [0.2, 0.25) is 0 Å². The van der Waals surface area contributed by atoms with Gasteiger partial charge >= 0.3 is 0 Å². The zero-order valence-corrected chi connectivity index (χ0v) is 18.3. The number of aliphatic imine (C=N–C) groups is 1. The fourth-order valence-electron chi connectivity index (χ4n) is 2.37. The number of hydrogen-bond acceptors (Lipinski definition) is 4. The van der Waals surface area contributed by atoms with E-state index in [4.69, 9.17) is 15.2 Å². The molecule has 0 bridgehead atoms. The summed E-state index contributed by atoms with van der Waals surface area (Å²) in [6.45, 7) is 6.95. The van der Waals surface area contributed by atoms with Gasteiger partial charge in [0.1, 0.15) is 12.4 Å². The lowest BCUT2D eigenvalue weighted by atomic mass is 10.1. The zero-order chi connectivity index (χ0) is 18.6. The lowest BCUT2D eigenvalue weighted by Crippen LogP contribution is -2.33. The minimum atomic E-state index is 0. The molecule has 0 aliphatic rings. The van der Waals surface area contributed by atoms with Crippen molar-refractivity contribution < 1.29 is 9.47 Å². The number of halogens is 1. The fraction of sp³-hybridized carbons (Fsp3) is 0.400. The number of hydrogen-bond donors (Lipinski definition) is 2. The first-order valence-corrected chi connectivity index (χ1v) is 8.92. The van der Waals surface area contributed by atoms with E-state index in [0.717, 1.165) is 29.0 Å². The van der Waals surface area contributed by atoms with E-state index in [0.29, 0.717) is 38.9 Å². The van der Waals surface area contributed by atoms with Crippen molar-refractivity contribution in [3.05, 3.63) is 59.4 Å². The third-order valence-corrected chi connectivity index (χ3v) is 3.75. The highest BCUT2D eigenvalue weighted by Crippen LogP contribution is 2.21. The number of aryl methyl sites for hydroxylation is 1. The van der Waals surface area contributed by atoms with E-state index >= 15 is 0 Å². The van der Waals surface area contributed by atoms with Crippen molar-refractivity contribution in [2.45, 2.75) is 26.8 Å². The van der Waals surface area contributed by atoms with Crippen LogP contribution in [0.4, 0.5) is 0 Å². The number of nitrogens with one attached hydrogen (secondary N) is 1. The van der Waals surface area contributed by atoms with Crippen LogP contribution in [0.3, 0.4) is 0 Å². The molecule has 0 unspecified atom stereocenters. The minimum Gasteiger partial charge on any atom is -0.491 e. The van der Waals surface area contributed by atoms with Gasteiger partial charge in [0.15, 0.2) is 5.96 Å². The average molecular weight is 484 g/mol. The molecule has 7 heteroatoms. The summed E-state index contributed by atoms with van der Waals surface area (Å²) in [5, 5.41) is 3.12. The molecule has 27 heavy (non-hydrogen) atoms. The summed E-state index contributed by atoms with van der Waals surface area (Å²) in [7, 11) is 0. The first kappa shape index (κ1) is 23.2. The highest BCUT2D eigenvalue weighted by Gasteiger charge is 2.04. The molecule has 148 valence electrons. The average Bonchev–Trinajstić information content (AvgIpc) is 2.65. The van der Waals surface area contributed by atoms with E-state index in [2.05, 4.69) is 15.3 Å². The maximum absolute atomic E-state index is 5.96. The number of rotatable bonds is 10. The van der Waals surface area contributed by atoms with Crippen LogP contribution in [-0.2, 0) is 17.7 Å². The van der Waals surface area contributed by atoms with Crippen molar-refractivity contribution in [3.63, 3.8) is 0 Å². The molecule has 0 saturated heterocycles. The Kier molecular flexibility index (Phi) is 11.4. The third kappa shape index (κ3) is 9.05. The normalized spacial score (nSPS) is 11.0. The molecule has 1 aromatic heterocycles. The molecule has 0 fully saturated rings. The summed E-state index contributed by atoms with van der Waals surface area (Å²) in [5.41, 5.74) is 9.13. The van der Waals surface area contributed by atoms with E-state index in [1.165, 1.54) is 0 Å². The van der Waals surface area contributed by atoms with Crippen LogP contribution in [0.15, 0.2) is 47.6 Å². The van der Waals surface area contributed by atoms with Crippen LogP contribution in [0.5, 0.6) is 5.75 Å². The summed E-state index contributed by atoms with van der Waals surface area (Å²) >= 11 is 0. The van der Waals surface area contributed by atoms with Crippen molar-refractivity contribution in [3.8, 4) is 5.75 Å². The van der Waals surface area contributed by atoms with Crippen molar-refractivity contribution >= 4 is 29.9 Å². The number of pyridine rings is 1. The van der Waals surface area contributed by atoms with Crippen LogP contribution in [-0.4, -0.2) is 37.3 Å². The Morgan fingerprint density at radius 3 is 2.81 bits per heavy atom. The van der Waals surface area contributed by atoms with Crippen LogP contribution in [0.25, 0.3) is 0 Å². The number of guanidine groups is 1. The van der Waals surface area contributed by atoms with E-state index in [1.54, 1.807) is 6.20 Å². The van der Waals surface area contributed by atoms with Crippen LogP contribution in [0.1, 0.15) is 23.7 Å². The second-order valence-electron chi connectivity index (χ2n) is 5.86. The SMILES string of the molecule is CCOCCOc1cc(C)ccc1CN=C(N)NCCc1ccccn1.I. The van der Waals surface area contributed by atoms with Gasteiger partial charge in [0, 0.05) is 37.0 Å². The van der Waals surface area contributed by atoms with Crippen molar-refractivity contribution in [2.24, 2.45) is 10.7 Å². The second kappa shape index (κ2) is 13.3. The molecule has 0 amide bonds. The lowest BCUT2D eigenvalue weighted by molar-refractivity contribution is 0.110. The van der Waals surface area contributed by atoms with Gasteiger partial charge in [0.25, 0.3) is 0 Å². The van der Waals surface area contributed by atoms with Gasteiger partial charge in [-0.15, -0.1) is 24.0 Å². The fourth-order valence-corrected chi connectivity index (χ4v) is 2.37. The number of benzene rings is 1. The molecular weight excluding hydrogens is 455 g/mol. The van der Waals surface area contributed by atoms with Gasteiger partial charge in [-0.05, 0) is 37.6 Å². The number of nitrogens with two attached hydrogens (primary N) is 1. The highest BCUT2D eigenvalue weighted by molar-refractivity contribution is 14.0. The van der Waals surface area contributed by atoms with E-state index < -0.39 is 0 Å². The third-order valence-electron chi connectivity index (χ3n) is 3.75. The predicted octanol–water partition coefficient (Wildman–Crippen LogP) is 3.07. The number of nitrogens with zero attached hydrogens (tertiary/aromatic N) is 2. The molecule has 1 aromatic carbocycles. The maximum Gasteiger partial charge on any atom is 0.188 e. The molecule has 3 N–H and O–H groups in total. The Balaban J connectivity index is 0.00000364. The molecule has 1 heterocycles. The first-order valence-electron chi connectivity index (χ1n) is 8.92. The van der Waals surface area contributed by atoms with Crippen LogP contribution in [0.2, 0.25) is 0 Å². The summed E-state index contributed by atoms with van der Waals surface area (Å²) in [4.78, 5) is 8.70. The summed E-state index contributed by atoms with van der Waals surface area (Å²) in [6.07, 6.45) is 2.59. The van der Waals surface area contributed by atoms with Gasteiger partial charge in [0.05, 0.1) is 13.2 Å². The topological polar surface area (TPSA) is 81.8 Å². The second-order valence-corrected chi connectivity index (χ2v) is 5.86. The largest absolute Gasteiger partial charge is 0.491 e. The van der Waals surface area contributed by atoms with Crippen molar-refractivity contribution in [1.82, 2.24) is 10.3 Å². The van der Waals surface area contributed by atoms with Gasteiger partial charge in [-0.3, -0.25) is 4.98 Å². The van der Waals surface area contributed by atoms with E-state index in [1.807, 2.05) is 50.2 Å². The molecule has 0 saturated carbocycles. The molecule has 0 radical (unpaired) electrons. The first-order chi connectivity index (χ1) is 12.7. The quantitative estimate of drug-likeness (QED) is 0.235. The standard InChI is InChI=1S/C20H28N4O2.HI/c1-3-25-12-13-26-19-14-16(2)7-8-17(19)15-24-20(21)23-11-9-18-6-4-5-10-22-18;/h4-8,10,14H,3,9,11-13,15H2,1-2H3,(H3,21,23,24);1H. The Bertz CT molecular complexity index is 696. The Morgan fingerprint density at radius 1 is 1.22 bits per heavy atom. The molecule has 2 rings (SSSR count). The Labute approximate surface area is 178 Å². The molecule has 2 aromatic rings. The van der Waals surface area contributed by atoms with Crippen molar-refractivity contribution in [2.75, 3.05) is 26.4 Å². The van der Waals surface area contributed by atoms with E-state index in [9.17, 15) is 0 Å². The molecule has 0 spiro atoms. The smallest absolute Gasteiger partial charge is 0.188 e. The van der Waals surface area contributed by atoms with Gasteiger partial charge in [-0.2, -0.15) is 0 Å². The summed E-state index contributed by atoms with van der Waals surface area (Å²) in [5.74, 6) is 1.25. The monoisotopic (exact) mass is 484 g/mol. The molecule has 0 aliphatic carbocycles. The van der Waals surface area contributed by atoms with E-state index in [-0.39, 0.29) is 24.0 Å². The zero-order valence-electron chi connectivity index (χ0n) is 16.0. The summed E-state index contributed by atoms with van der Waals surface area (Å²) < 4.78 is 11.1. The number of aromatic nitrogens is 1. The predicted molar refractivity (Wildman–Crippen MR) is 120 cm³/mol. The Hall–Kier alpha value is -1.87. The van der Waals surface area contributed by atoms with Gasteiger partial charge in [-0.1, -0.05) is 18.2 Å². The van der Waals surface area contributed by atoms with Crippen LogP contribution >= 0.6 is 24.0 Å². The molecule has 0 atom stereocenters. The maximum atomic E-state index is 5.96. The molecular formula is C20H29IN4O2. The van der Waals surface area contributed by atoms with Gasteiger partial charge < -0.3 is 20.5 Å². The number of ether oxygens (including phenoxy) is 2.